The van der Waals surface area contributed by atoms with E-state index in [4.69, 9.17) is 9.47 Å². The van der Waals surface area contributed by atoms with Gasteiger partial charge < -0.3 is 14.8 Å². The molecule has 2 aromatic carbocycles. The summed E-state index contributed by atoms with van der Waals surface area (Å²) < 4.78 is 10.7. The molecule has 0 spiro atoms. The zero-order valence-electron chi connectivity index (χ0n) is 16.6. The number of ether oxygens (including phenoxy) is 2. The molecular formula is C23H27NO4. The summed E-state index contributed by atoms with van der Waals surface area (Å²) in [5.74, 6) is -0.218. The van der Waals surface area contributed by atoms with Gasteiger partial charge in [-0.1, -0.05) is 61.9 Å². The molecule has 1 N–H and O–H groups in total. The van der Waals surface area contributed by atoms with E-state index in [9.17, 15) is 9.59 Å². The zero-order valence-corrected chi connectivity index (χ0v) is 16.6. The molecule has 0 radical (unpaired) electrons. The fourth-order valence-electron chi connectivity index (χ4n) is 2.85. The van der Waals surface area contributed by atoms with E-state index in [0.29, 0.717) is 16.9 Å². The van der Waals surface area contributed by atoms with Crippen LogP contribution in [0.15, 0.2) is 54.6 Å². The SMILES string of the molecule is CCCC(C)NC(=O)COC(=O)/C(=C/c1ccccc1OC)c1ccccc1. The highest BCUT2D eigenvalue weighted by Gasteiger charge is 2.17. The van der Waals surface area contributed by atoms with Gasteiger partial charge in [-0.3, -0.25) is 4.79 Å². The van der Waals surface area contributed by atoms with Gasteiger partial charge in [-0.25, -0.2) is 4.79 Å². The van der Waals surface area contributed by atoms with Crippen LogP contribution in [0.4, 0.5) is 0 Å². The smallest absolute Gasteiger partial charge is 0.339 e. The van der Waals surface area contributed by atoms with E-state index in [1.807, 2.05) is 61.5 Å². The number of rotatable bonds is 9. The van der Waals surface area contributed by atoms with Crippen LogP contribution in [0, 0.1) is 0 Å². The Kier molecular flexibility index (Phi) is 8.28. The van der Waals surface area contributed by atoms with E-state index < -0.39 is 5.97 Å². The lowest BCUT2D eigenvalue weighted by molar-refractivity contribution is -0.143. The average molecular weight is 381 g/mol. The third kappa shape index (κ3) is 6.27. The Bertz CT molecular complexity index is 814. The van der Waals surface area contributed by atoms with Crippen molar-refractivity contribution in [3.8, 4) is 5.75 Å². The Morgan fingerprint density at radius 1 is 1.07 bits per heavy atom. The van der Waals surface area contributed by atoms with Crippen molar-refractivity contribution in [3.05, 3.63) is 65.7 Å². The predicted octanol–water partition coefficient (Wildman–Crippen LogP) is 4.08. The number of amides is 1. The first-order valence-corrected chi connectivity index (χ1v) is 9.41. The van der Waals surface area contributed by atoms with Crippen LogP contribution in [0.1, 0.15) is 37.8 Å². The summed E-state index contributed by atoms with van der Waals surface area (Å²) in [5.41, 5.74) is 1.82. The largest absolute Gasteiger partial charge is 0.496 e. The van der Waals surface area contributed by atoms with Crippen LogP contribution < -0.4 is 10.1 Å². The van der Waals surface area contributed by atoms with E-state index in [1.165, 1.54) is 0 Å². The summed E-state index contributed by atoms with van der Waals surface area (Å²) in [5, 5.41) is 2.83. The molecule has 1 atom stereocenters. The van der Waals surface area contributed by atoms with Gasteiger partial charge in [0.25, 0.3) is 5.91 Å². The Morgan fingerprint density at radius 3 is 2.43 bits per heavy atom. The summed E-state index contributed by atoms with van der Waals surface area (Å²) in [6.07, 6.45) is 3.57. The summed E-state index contributed by atoms with van der Waals surface area (Å²) in [6, 6.07) is 16.7. The molecule has 0 fully saturated rings. The maximum atomic E-state index is 12.8. The molecule has 0 heterocycles. The molecule has 0 saturated carbocycles. The van der Waals surface area contributed by atoms with Gasteiger partial charge in [0.15, 0.2) is 6.61 Å². The first-order chi connectivity index (χ1) is 13.5. The zero-order chi connectivity index (χ0) is 20.4. The molecule has 28 heavy (non-hydrogen) atoms. The number of hydrogen-bond acceptors (Lipinski definition) is 4. The highest BCUT2D eigenvalue weighted by atomic mass is 16.5. The van der Waals surface area contributed by atoms with Crippen molar-refractivity contribution in [1.82, 2.24) is 5.32 Å². The summed E-state index contributed by atoms with van der Waals surface area (Å²) in [6.45, 7) is 3.67. The molecule has 2 aromatic rings. The van der Waals surface area contributed by atoms with Crippen LogP contribution in [0.2, 0.25) is 0 Å². The van der Waals surface area contributed by atoms with Crippen molar-refractivity contribution in [2.45, 2.75) is 32.7 Å². The van der Waals surface area contributed by atoms with E-state index >= 15 is 0 Å². The van der Waals surface area contributed by atoms with Crippen LogP contribution in [0.3, 0.4) is 0 Å². The molecule has 1 amide bonds. The second-order valence-corrected chi connectivity index (χ2v) is 6.50. The molecule has 0 aliphatic rings. The quantitative estimate of drug-likeness (QED) is 0.404. The fourth-order valence-corrected chi connectivity index (χ4v) is 2.85. The lowest BCUT2D eigenvalue weighted by Gasteiger charge is -2.14. The molecule has 5 heteroatoms. The van der Waals surface area contributed by atoms with E-state index in [1.54, 1.807) is 13.2 Å². The van der Waals surface area contributed by atoms with Crippen molar-refractivity contribution in [1.29, 1.82) is 0 Å². The summed E-state index contributed by atoms with van der Waals surface area (Å²) in [4.78, 5) is 24.8. The topological polar surface area (TPSA) is 64.6 Å². The van der Waals surface area contributed by atoms with Crippen LogP contribution in [-0.4, -0.2) is 31.6 Å². The van der Waals surface area contributed by atoms with Crippen molar-refractivity contribution in [3.63, 3.8) is 0 Å². The third-order valence-electron chi connectivity index (χ3n) is 4.21. The predicted molar refractivity (Wildman–Crippen MR) is 111 cm³/mol. The van der Waals surface area contributed by atoms with Crippen molar-refractivity contribution < 1.29 is 19.1 Å². The van der Waals surface area contributed by atoms with Gasteiger partial charge >= 0.3 is 5.97 Å². The molecule has 2 rings (SSSR count). The number of hydrogen-bond donors (Lipinski definition) is 1. The van der Waals surface area contributed by atoms with Crippen LogP contribution >= 0.6 is 0 Å². The minimum atomic E-state index is -0.560. The van der Waals surface area contributed by atoms with Crippen LogP contribution in [0.25, 0.3) is 11.6 Å². The van der Waals surface area contributed by atoms with Gasteiger partial charge in [0.05, 0.1) is 12.7 Å². The van der Waals surface area contributed by atoms with Gasteiger partial charge in [0, 0.05) is 11.6 Å². The van der Waals surface area contributed by atoms with Gasteiger partial charge in [-0.2, -0.15) is 0 Å². The lowest BCUT2D eigenvalue weighted by Crippen LogP contribution is -2.35. The number of carbonyl (C=O) groups excluding carboxylic acids is 2. The number of carbonyl (C=O) groups is 2. The Hall–Kier alpha value is -3.08. The molecule has 0 saturated heterocycles. The number of nitrogens with one attached hydrogen (secondary N) is 1. The first kappa shape index (κ1) is 21.2. The fraction of sp³-hybridized carbons (Fsp3) is 0.304. The molecule has 148 valence electrons. The Morgan fingerprint density at radius 2 is 1.75 bits per heavy atom. The van der Waals surface area contributed by atoms with Gasteiger partial charge in [-0.15, -0.1) is 0 Å². The van der Waals surface area contributed by atoms with E-state index in [-0.39, 0.29) is 18.6 Å². The summed E-state index contributed by atoms with van der Waals surface area (Å²) in [7, 11) is 1.58. The van der Waals surface area contributed by atoms with Crippen molar-refractivity contribution in [2.24, 2.45) is 0 Å². The first-order valence-electron chi connectivity index (χ1n) is 9.41. The van der Waals surface area contributed by atoms with Gasteiger partial charge in [0.2, 0.25) is 0 Å². The lowest BCUT2D eigenvalue weighted by atomic mass is 10.0. The molecule has 0 aromatic heterocycles. The minimum absolute atomic E-state index is 0.0499. The monoisotopic (exact) mass is 381 g/mol. The van der Waals surface area contributed by atoms with E-state index in [2.05, 4.69) is 12.2 Å². The molecule has 1 unspecified atom stereocenters. The van der Waals surface area contributed by atoms with Crippen LogP contribution in [0.5, 0.6) is 5.75 Å². The maximum absolute atomic E-state index is 12.8. The van der Waals surface area contributed by atoms with Crippen LogP contribution in [-0.2, 0) is 14.3 Å². The second kappa shape index (κ2) is 10.9. The highest BCUT2D eigenvalue weighted by Crippen LogP contribution is 2.25. The average Bonchev–Trinajstić information content (AvgIpc) is 2.71. The molecule has 0 bridgehead atoms. The maximum Gasteiger partial charge on any atom is 0.339 e. The second-order valence-electron chi connectivity index (χ2n) is 6.50. The highest BCUT2D eigenvalue weighted by molar-refractivity contribution is 6.22. The number of methoxy groups -OCH3 is 1. The Labute approximate surface area is 166 Å². The molecule has 0 aliphatic heterocycles. The standard InChI is InChI=1S/C23H27NO4/c1-4-10-17(2)24-22(25)16-28-23(26)20(18-11-6-5-7-12-18)15-19-13-8-9-14-21(19)27-3/h5-9,11-15,17H,4,10,16H2,1-3H3,(H,24,25)/b20-15+. The normalized spacial score (nSPS) is 12.2. The van der Waals surface area contributed by atoms with E-state index in [0.717, 1.165) is 18.4 Å². The minimum Gasteiger partial charge on any atom is -0.496 e. The Balaban J connectivity index is 2.19. The molecular weight excluding hydrogens is 354 g/mol. The van der Waals surface area contributed by atoms with Crippen molar-refractivity contribution in [2.75, 3.05) is 13.7 Å². The van der Waals surface area contributed by atoms with Gasteiger partial charge in [0.1, 0.15) is 5.75 Å². The summed E-state index contributed by atoms with van der Waals surface area (Å²) >= 11 is 0. The van der Waals surface area contributed by atoms with Crippen molar-refractivity contribution >= 4 is 23.5 Å². The molecule has 0 aliphatic carbocycles. The van der Waals surface area contributed by atoms with Gasteiger partial charge in [-0.05, 0) is 31.1 Å². The number of benzene rings is 2. The molecule has 5 nitrogen and oxygen atoms in total. The third-order valence-corrected chi connectivity index (χ3v) is 4.21. The number of esters is 1. The number of para-hydroxylation sites is 1.